The number of halogens is 1. The van der Waals surface area contributed by atoms with E-state index in [2.05, 4.69) is 38.8 Å². The average Bonchev–Trinajstić information content (AvgIpc) is 3.30. The second-order valence-electron chi connectivity index (χ2n) is 10.1. The van der Waals surface area contributed by atoms with Gasteiger partial charge in [0.1, 0.15) is 10.8 Å². The minimum Gasteiger partial charge on any atom is -0.444 e. The highest BCUT2D eigenvalue weighted by Gasteiger charge is 2.54. The summed E-state index contributed by atoms with van der Waals surface area (Å²) in [4.78, 5) is 19.1. The van der Waals surface area contributed by atoms with Crippen molar-refractivity contribution in [3.05, 3.63) is 29.0 Å². The minimum atomic E-state index is -1.90. The van der Waals surface area contributed by atoms with Crippen LogP contribution in [0.25, 0.3) is 0 Å². The van der Waals surface area contributed by atoms with E-state index in [1.54, 1.807) is 11.1 Å². The largest absolute Gasteiger partial charge is 0.444 e. The predicted molar refractivity (Wildman–Crippen MR) is 116 cm³/mol. The van der Waals surface area contributed by atoms with E-state index in [4.69, 9.17) is 20.8 Å². The van der Waals surface area contributed by atoms with Gasteiger partial charge < -0.3 is 9.16 Å². The number of rotatable bonds is 6. The van der Waals surface area contributed by atoms with Crippen LogP contribution >= 0.6 is 11.6 Å². The molecule has 1 fully saturated rings. The normalized spacial score (nSPS) is 16.6. The van der Waals surface area contributed by atoms with Crippen LogP contribution in [-0.2, 0) is 14.7 Å². The Balaban J connectivity index is 2.24. The fraction of sp³-hybridized carbons (Fsp3) is 0.714. The monoisotopic (exact) mass is 426 g/mol. The zero-order valence-corrected chi connectivity index (χ0v) is 20.3. The van der Waals surface area contributed by atoms with Crippen LogP contribution in [0.2, 0.25) is 23.3 Å². The van der Waals surface area contributed by atoms with Crippen molar-refractivity contribution in [1.29, 1.82) is 0 Å². The van der Waals surface area contributed by atoms with Gasteiger partial charge in [-0.1, -0.05) is 38.4 Å². The molecule has 0 atom stereocenters. The molecular weight excluding hydrogens is 392 g/mol. The first-order valence-electron chi connectivity index (χ1n) is 9.95. The zero-order chi connectivity index (χ0) is 21.4. The summed E-state index contributed by atoms with van der Waals surface area (Å²) in [5.41, 5.74) is -0.135. The quantitative estimate of drug-likeness (QED) is 0.414. The molecular formula is C21H35ClN2O3Si. The van der Waals surface area contributed by atoms with Gasteiger partial charge in [0.15, 0.2) is 8.32 Å². The Morgan fingerprint density at radius 2 is 1.86 bits per heavy atom. The average molecular weight is 427 g/mol. The van der Waals surface area contributed by atoms with E-state index >= 15 is 0 Å². The van der Waals surface area contributed by atoms with E-state index in [0.717, 1.165) is 18.4 Å². The van der Waals surface area contributed by atoms with Crippen LogP contribution in [0, 0.1) is 0 Å². The molecule has 0 N–H and O–H groups in total. The van der Waals surface area contributed by atoms with Gasteiger partial charge in [-0.3, -0.25) is 4.90 Å². The molecule has 0 radical (unpaired) electrons. The third-order valence-corrected chi connectivity index (χ3v) is 10.5. The Bertz CT molecular complexity index is 706. The molecule has 7 heteroatoms. The number of ether oxygens (including phenoxy) is 1. The van der Waals surface area contributed by atoms with Crippen molar-refractivity contribution >= 4 is 26.0 Å². The Kier molecular flexibility index (Phi) is 6.58. The van der Waals surface area contributed by atoms with Crippen molar-refractivity contribution in [3.8, 4) is 0 Å². The summed E-state index contributed by atoms with van der Waals surface area (Å²) < 4.78 is 12.1. The Labute approximate surface area is 175 Å². The molecule has 0 bridgehead atoms. The van der Waals surface area contributed by atoms with Gasteiger partial charge in [-0.2, -0.15) is 0 Å². The third kappa shape index (κ3) is 5.27. The highest BCUT2D eigenvalue weighted by atomic mass is 35.5. The zero-order valence-electron chi connectivity index (χ0n) is 18.6. The van der Waals surface area contributed by atoms with Crippen molar-refractivity contribution in [2.45, 2.75) is 83.7 Å². The highest BCUT2D eigenvalue weighted by molar-refractivity contribution is 6.74. The standard InChI is InChI=1S/C21H35ClN2O3Si/c1-19(2,3)27-18(25)24(14-15-26-28(7,8)20(4,5)6)21(11-12-21)16-10-9-13-23-17(16)22/h9-10,13H,11-12,14-15H2,1-8H3. The topological polar surface area (TPSA) is 51.7 Å². The SMILES string of the molecule is CC(C)(C)OC(=O)N(CCO[Si](C)(C)C(C)(C)C)C1(c2cccnc2Cl)CC1. The molecule has 5 nitrogen and oxygen atoms in total. The molecule has 1 aromatic rings. The number of carbonyl (C=O) groups excluding carboxylic acids is 1. The number of amides is 1. The van der Waals surface area contributed by atoms with Crippen LogP contribution in [0.4, 0.5) is 4.79 Å². The molecule has 1 amide bonds. The molecule has 1 heterocycles. The predicted octanol–water partition coefficient (Wildman–Crippen LogP) is 5.98. The Hall–Kier alpha value is -1.11. The lowest BCUT2D eigenvalue weighted by atomic mass is 10.1. The summed E-state index contributed by atoms with van der Waals surface area (Å²) in [5.74, 6) is 0. The molecule has 1 saturated carbocycles. The maximum Gasteiger partial charge on any atom is 0.411 e. The molecule has 0 aliphatic heterocycles. The van der Waals surface area contributed by atoms with E-state index in [-0.39, 0.29) is 11.1 Å². The molecule has 0 spiro atoms. The fourth-order valence-corrected chi connectivity index (χ4v) is 4.27. The second kappa shape index (κ2) is 7.96. The summed E-state index contributed by atoms with van der Waals surface area (Å²) in [6, 6.07) is 3.81. The maximum atomic E-state index is 13.1. The Morgan fingerprint density at radius 1 is 1.25 bits per heavy atom. The molecule has 2 rings (SSSR count). The smallest absolute Gasteiger partial charge is 0.411 e. The molecule has 28 heavy (non-hydrogen) atoms. The van der Waals surface area contributed by atoms with Gasteiger partial charge in [-0.05, 0) is 57.8 Å². The summed E-state index contributed by atoms with van der Waals surface area (Å²) in [6.45, 7) is 17.7. The van der Waals surface area contributed by atoms with E-state index < -0.39 is 19.5 Å². The van der Waals surface area contributed by atoms with Crippen molar-refractivity contribution in [2.75, 3.05) is 13.2 Å². The molecule has 1 aromatic heterocycles. The fourth-order valence-electron chi connectivity index (χ4n) is 2.94. The molecule has 0 aromatic carbocycles. The van der Waals surface area contributed by atoms with Gasteiger partial charge in [0, 0.05) is 18.3 Å². The highest BCUT2D eigenvalue weighted by Crippen LogP contribution is 2.53. The van der Waals surface area contributed by atoms with Crippen LogP contribution in [0.5, 0.6) is 0 Å². The van der Waals surface area contributed by atoms with Crippen LogP contribution in [0.3, 0.4) is 0 Å². The van der Waals surface area contributed by atoms with Gasteiger partial charge >= 0.3 is 6.09 Å². The van der Waals surface area contributed by atoms with Gasteiger partial charge in [0.2, 0.25) is 0 Å². The van der Waals surface area contributed by atoms with E-state index in [0.29, 0.717) is 18.3 Å². The first kappa shape index (κ1) is 23.2. The summed E-state index contributed by atoms with van der Waals surface area (Å²) >= 11 is 6.38. The molecule has 0 saturated heterocycles. The first-order chi connectivity index (χ1) is 12.7. The van der Waals surface area contributed by atoms with Crippen LogP contribution in [0.1, 0.15) is 59.9 Å². The summed E-state index contributed by atoms with van der Waals surface area (Å²) in [5, 5.41) is 0.562. The summed E-state index contributed by atoms with van der Waals surface area (Å²) in [7, 11) is -1.90. The number of aromatic nitrogens is 1. The number of hydrogen-bond acceptors (Lipinski definition) is 4. The van der Waals surface area contributed by atoms with Gasteiger partial charge in [0.05, 0.1) is 12.1 Å². The number of pyridine rings is 1. The van der Waals surface area contributed by atoms with Crippen LogP contribution in [0.15, 0.2) is 18.3 Å². The van der Waals surface area contributed by atoms with E-state index in [1.165, 1.54) is 0 Å². The lowest BCUT2D eigenvalue weighted by Crippen LogP contribution is -2.48. The van der Waals surface area contributed by atoms with E-state index in [9.17, 15) is 4.79 Å². The van der Waals surface area contributed by atoms with Gasteiger partial charge in [-0.25, -0.2) is 9.78 Å². The van der Waals surface area contributed by atoms with Gasteiger partial charge in [0.25, 0.3) is 0 Å². The molecule has 158 valence electrons. The van der Waals surface area contributed by atoms with Crippen molar-refractivity contribution < 1.29 is 14.0 Å². The van der Waals surface area contributed by atoms with Crippen molar-refractivity contribution in [3.63, 3.8) is 0 Å². The first-order valence-corrected chi connectivity index (χ1v) is 13.2. The van der Waals surface area contributed by atoms with E-state index in [1.807, 2.05) is 32.9 Å². The number of hydrogen-bond donors (Lipinski definition) is 0. The molecule has 1 aliphatic carbocycles. The van der Waals surface area contributed by atoms with Crippen LogP contribution in [-0.4, -0.2) is 43.0 Å². The van der Waals surface area contributed by atoms with Gasteiger partial charge in [-0.15, -0.1) is 0 Å². The third-order valence-electron chi connectivity index (χ3n) is 5.70. The number of carbonyl (C=O) groups is 1. The summed E-state index contributed by atoms with van der Waals surface area (Å²) in [6.07, 6.45) is 3.03. The molecule has 0 unspecified atom stereocenters. The lowest BCUT2D eigenvalue weighted by molar-refractivity contribution is 0.00862. The van der Waals surface area contributed by atoms with Crippen molar-refractivity contribution in [2.24, 2.45) is 0 Å². The lowest BCUT2D eigenvalue weighted by Gasteiger charge is -2.38. The maximum absolute atomic E-state index is 13.1. The Morgan fingerprint density at radius 3 is 2.32 bits per heavy atom. The number of nitrogens with zero attached hydrogens (tertiary/aromatic N) is 2. The van der Waals surface area contributed by atoms with Crippen LogP contribution < -0.4 is 0 Å². The van der Waals surface area contributed by atoms with Crippen molar-refractivity contribution in [1.82, 2.24) is 9.88 Å². The second-order valence-corrected chi connectivity index (χ2v) is 15.3. The minimum absolute atomic E-state index is 0.119. The molecule has 1 aliphatic rings.